The Morgan fingerprint density at radius 1 is 1.21 bits per heavy atom. The second-order valence-electron chi connectivity index (χ2n) is 5.99. The minimum absolute atomic E-state index is 0.0954. The zero-order valence-electron chi connectivity index (χ0n) is 15.7. The first-order valence-corrected chi connectivity index (χ1v) is 9.13. The molecule has 144 valence electrons. The first-order chi connectivity index (χ1) is 13.3. The lowest BCUT2D eigenvalue weighted by atomic mass is 10.1. The minimum Gasteiger partial charge on any atom is -0.481 e. The smallest absolute Gasteiger partial charge is 0.343 e. The fraction of sp³-hybridized carbons (Fsp3) is 0.190. The van der Waals surface area contributed by atoms with Gasteiger partial charge in [-0.25, -0.2) is 4.79 Å². The van der Waals surface area contributed by atoms with Crippen LogP contribution in [0.5, 0.6) is 5.75 Å². The highest BCUT2D eigenvalue weighted by Crippen LogP contribution is 2.26. The number of anilines is 1. The van der Waals surface area contributed by atoms with Crippen molar-refractivity contribution in [3.05, 3.63) is 63.1 Å². The number of ether oxygens (including phenoxy) is 2. The Morgan fingerprint density at radius 3 is 2.64 bits per heavy atom. The van der Waals surface area contributed by atoms with Gasteiger partial charge in [0.2, 0.25) is 0 Å². The highest BCUT2D eigenvalue weighted by atomic mass is 79.9. The van der Waals surface area contributed by atoms with Gasteiger partial charge < -0.3 is 14.8 Å². The molecule has 7 heteroatoms. The zero-order valence-corrected chi connectivity index (χ0v) is 17.3. The van der Waals surface area contributed by atoms with Crippen LogP contribution in [0, 0.1) is 25.2 Å². The van der Waals surface area contributed by atoms with Crippen LogP contribution in [-0.4, -0.2) is 25.6 Å². The maximum atomic E-state index is 12.6. The maximum absolute atomic E-state index is 12.6. The Bertz CT molecular complexity index is 977. The summed E-state index contributed by atoms with van der Waals surface area (Å²) in [6.45, 7) is 3.51. The largest absolute Gasteiger partial charge is 0.481 e. The van der Waals surface area contributed by atoms with Gasteiger partial charge in [-0.3, -0.25) is 4.79 Å². The first-order valence-electron chi connectivity index (χ1n) is 8.33. The molecule has 28 heavy (non-hydrogen) atoms. The first kappa shape index (κ1) is 21.2. The summed E-state index contributed by atoms with van der Waals surface area (Å²) in [5.74, 6) is -0.720. The Hall–Kier alpha value is -3.11. The van der Waals surface area contributed by atoms with E-state index in [0.29, 0.717) is 17.0 Å². The van der Waals surface area contributed by atoms with Crippen LogP contribution >= 0.6 is 15.9 Å². The third-order valence-electron chi connectivity index (χ3n) is 3.85. The Morgan fingerprint density at radius 2 is 1.96 bits per heavy atom. The molecule has 0 saturated heterocycles. The number of aryl methyl sites for hydroxylation is 2. The molecule has 1 amide bonds. The van der Waals surface area contributed by atoms with Crippen molar-refractivity contribution in [1.82, 2.24) is 0 Å². The summed E-state index contributed by atoms with van der Waals surface area (Å²) in [7, 11) is 1.26. The van der Waals surface area contributed by atoms with Crippen molar-refractivity contribution in [3.63, 3.8) is 0 Å². The monoisotopic (exact) mass is 442 g/mol. The lowest BCUT2D eigenvalue weighted by molar-refractivity contribution is -0.142. The Balaban J connectivity index is 2.31. The van der Waals surface area contributed by atoms with E-state index >= 15 is 0 Å². The molecule has 0 spiro atoms. The molecule has 2 aromatic rings. The molecule has 0 aromatic heterocycles. The number of methoxy groups -OCH3 is 1. The van der Waals surface area contributed by atoms with Gasteiger partial charge in [0.1, 0.15) is 17.4 Å². The summed E-state index contributed by atoms with van der Waals surface area (Å²) in [6, 6.07) is 12.6. The molecule has 0 bridgehead atoms. The van der Waals surface area contributed by atoms with E-state index in [1.165, 1.54) is 13.2 Å². The van der Waals surface area contributed by atoms with E-state index in [2.05, 4.69) is 26.0 Å². The van der Waals surface area contributed by atoms with Crippen LogP contribution in [0.3, 0.4) is 0 Å². The van der Waals surface area contributed by atoms with Crippen molar-refractivity contribution in [2.24, 2.45) is 0 Å². The summed E-state index contributed by atoms with van der Waals surface area (Å²) in [6.07, 6.45) is 1.41. The predicted octanol–water partition coefficient (Wildman–Crippen LogP) is 4.16. The van der Waals surface area contributed by atoms with Crippen molar-refractivity contribution in [2.75, 3.05) is 19.0 Å². The molecule has 0 saturated carbocycles. The molecule has 2 rings (SSSR count). The second kappa shape index (κ2) is 9.72. The molecule has 0 heterocycles. The standard InChI is InChI=1S/C21H19BrN2O4/c1-13-4-5-14(2)18(8-13)24-21(26)16(11-23)9-15-10-17(22)6-7-19(15)28-12-20(25)27-3/h4-10H,12H2,1-3H3,(H,24,26)/b16-9+. The number of nitriles is 1. The fourth-order valence-electron chi connectivity index (χ4n) is 2.32. The summed E-state index contributed by atoms with van der Waals surface area (Å²) >= 11 is 3.35. The average molecular weight is 443 g/mol. The molecule has 0 unspecified atom stereocenters. The van der Waals surface area contributed by atoms with E-state index < -0.39 is 11.9 Å². The normalized spacial score (nSPS) is 10.8. The molecular formula is C21H19BrN2O4. The van der Waals surface area contributed by atoms with Crippen LogP contribution in [0.4, 0.5) is 5.69 Å². The van der Waals surface area contributed by atoms with E-state index in [0.717, 1.165) is 15.6 Å². The maximum Gasteiger partial charge on any atom is 0.343 e. The topological polar surface area (TPSA) is 88.4 Å². The van der Waals surface area contributed by atoms with E-state index in [-0.39, 0.29) is 12.2 Å². The van der Waals surface area contributed by atoms with Crippen molar-refractivity contribution in [2.45, 2.75) is 13.8 Å². The third-order valence-corrected chi connectivity index (χ3v) is 4.34. The van der Waals surface area contributed by atoms with Crippen molar-refractivity contribution in [3.8, 4) is 11.8 Å². The third kappa shape index (κ3) is 5.69. The van der Waals surface area contributed by atoms with Crippen molar-refractivity contribution >= 4 is 39.6 Å². The van der Waals surface area contributed by atoms with Crippen molar-refractivity contribution < 1.29 is 19.1 Å². The lowest BCUT2D eigenvalue weighted by Crippen LogP contribution is -2.15. The molecule has 0 aliphatic heterocycles. The molecule has 6 nitrogen and oxygen atoms in total. The number of carbonyl (C=O) groups excluding carboxylic acids is 2. The van der Waals surface area contributed by atoms with Gasteiger partial charge in [0.05, 0.1) is 7.11 Å². The molecule has 2 aromatic carbocycles. The van der Waals surface area contributed by atoms with Gasteiger partial charge in [0.15, 0.2) is 6.61 Å². The van der Waals surface area contributed by atoms with Crippen LogP contribution in [0.2, 0.25) is 0 Å². The molecule has 0 atom stereocenters. The fourth-order valence-corrected chi connectivity index (χ4v) is 2.70. The highest BCUT2D eigenvalue weighted by molar-refractivity contribution is 9.10. The molecule has 0 radical (unpaired) electrons. The van der Waals surface area contributed by atoms with Gasteiger partial charge in [-0.15, -0.1) is 0 Å². The predicted molar refractivity (Wildman–Crippen MR) is 110 cm³/mol. The number of halogens is 1. The zero-order chi connectivity index (χ0) is 20.7. The quantitative estimate of drug-likeness (QED) is 0.412. The number of hydrogen-bond donors (Lipinski definition) is 1. The van der Waals surface area contributed by atoms with Gasteiger partial charge in [-0.05, 0) is 55.3 Å². The Labute approximate surface area is 171 Å². The number of nitrogens with one attached hydrogen (secondary N) is 1. The van der Waals surface area contributed by atoms with Gasteiger partial charge in [-0.2, -0.15) is 5.26 Å². The lowest BCUT2D eigenvalue weighted by Gasteiger charge is -2.11. The molecule has 1 N–H and O–H groups in total. The summed E-state index contributed by atoms with van der Waals surface area (Å²) in [5.41, 5.74) is 2.91. The molecule has 0 aliphatic rings. The van der Waals surface area contributed by atoms with Crippen LogP contribution in [0.1, 0.15) is 16.7 Å². The van der Waals surface area contributed by atoms with Gasteiger partial charge >= 0.3 is 5.97 Å². The Kier molecular flexibility index (Phi) is 7.36. The minimum atomic E-state index is -0.536. The second-order valence-corrected chi connectivity index (χ2v) is 6.90. The van der Waals surface area contributed by atoms with Crippen LogP contribution < -0.4 is 10.1 Å². The van der Waals surface area contributed by atoms with E-state index in [9.17, 15) is 14.9 Å². The number of esters is 1. The number of nitrogens with zero attached hydrogens (tertiary/aromatic N) is 1. The van der Waals surface area contributed by atoms with Crippen LogP contribution in [0.15, 0.2) is 46.4 Å². The van der Waals surface area contributed by atoms with Gasteiger partial charge in [-0.1, -0.05) is 28.1 Å². The molecular weight excluding hydrogens is 424 g/mol. The van der Waals surface area contributed by atoms with E-state index in [1.54, 1.807) is 18.2 Å². The molecule has 0 fully saturated rings. The van der Waals surface area contributed by atoms with E-state index in [1.807, 2.05) is 38.1 Å². The number of benzene rings is 2. The highest BCUT2D eigenvalue weighted by Gasteiger charge is 2.14. The molecule has 0 aliphatic carbocycles. The number of carbonyl (C=O) groups is 2. The summed E-state index contributed by atoms with van der Waals surface area (Å²) < 4.78 is 10.7. The van der Waals surface area contributed by atoms with Gasteiger partial charge in [0.25, 0.3) is 5.91 Å². The number of rotatable bonds is 6. The summed E-state index contributed by atoms with van der Waals surface area (Å²) in [4.78, 5) is 23.9. The SMILES string of the molecule is COC(=O)COc1ccc(Br)cc1/C=C(\C#N)C(=O)Nc1cc(C)ccc1C. The van der Waals surface area contributed by atoms with Crippen LogP contribution in [0.25, 0.3) is 6.08 Å². The van der Waals surface area contributed by atoms with Crippen LogP contribution in [-0.2, 0) is 14.3 Å². The summed E-state index contributed by atoms with van der Waals surface area (Å²) in [5, 5.41) is 12.2. The van der Waals surface area contributed by atoms with Crippen molar-refractivity contribution in [1.29, 1.82) is 5.26 Å². The average Bonchev–Trinajstić information content (AvgIpc) is 2.67. The van der Waals surface area contributed by atoms with E-state index in [4.69, 9.17) is 4.74 Å². The number of hydrogen-bond acceptors (Lipinski definition) is 5. The van der Waals surface area contributed by atoms with Gasteiger partial charge in [0, 0.05) is 15.7 Å². The number of amides is 1.